The molecule has 1 saturated heterocycles. The third-order valence-electron chi connectivity index (χ3n) is 2.24. The fourth-order valence-corrected chi connectivity index (χ4v) is 1.73. The van der Waals surface area contributed by atoms with E-state index in [0.717, 1.165) is 12.8 Å². The van der Waals surface area contributed by atoms with Crippen LogP contribution in [0.4, 0.5) is 0 Å². The van der Waals surface area contributed by atoms with Gasteiger partial charge >= 0.3 is 5.97 Å². The van der Waals surface area contributed by atoms with Gasteiger partial charge in [-0.15, -0.1) is 0 Å². The Morgan fingerprint density at radius 3 is 3.30 bits per heavy atom. The molecule has 2 rings (SSSR count). The monoisotopic (exact) mass is 141 g/mol. The van der Waals surface area contributed by atoms with Crippen LogP contribution < -0.4 is 5.32 Å². The van der Waals surface area contributed by atoms with Crippen LogP contribution in [0.1, 0.15) is 19.3 Å². The number of rotatable bonds is 0. The molecule has 0 amide bonds. The van der Waals surface area contributed by atoms with E-state index in [1.807, 2.05) is 0 Å². The van der Waals surface area contributed by atoms with Crippen molar-refractivity contribution in [3.8, 4) is 0 Å². The Hall–Kier alpha value is -0.570. The van der Waals surface area contributed by atoms with Crippen LogP contribution >= 0.6 is 0 Å². The molecule has 2 atom stereocenters. The highest BCUT2D eigenvalue weighted by molar-refractivity contribution is 5.72. The van der Waals surface area contributed by atoms with Gasteiger partial charge in [0.05, 0.1) is 6.54 Å². The van der Waals surface area contributed by atoms with Crippen molar-refractivity contribution in [2.75, 3.05) is 6.54 Å². The Morgan fingerprint density at radius 2 is 2.40 bits per heavy atom. The predicted octanol–water partition coefficient (Wildman–Crippen LogP) is 0.0539. The third-order valence-corrected chi connectivity index (χ3v) is 2.24. The lowest BCUT2D eigenvalue weighted by Gasteiger charge is -2.26. The molecule has 0 radical (unpaired) electrons. The summed E-state index contributed by atoms with van der Waals surface area (Å²) in [6.45, 7) is 0.404. The van der Waals surface area contributed by atoms with Crippen molar-refractivity contribution < 1.29 is 9.53 Å². The SMILES string of the molecule is O=C1CNC2CCCC2O1. The molecule has 0 aromatic carbocycles. The number of nitrogens with one attached hydrogen (secondary N) is 1. The lowest BCUT2D eigenvalue weighted by molar-refractivity contribution is -0.153. The lowest BCUT2D eigenvalue weighted by atomic mass is 10.2. The van der Waals surface area contributed by atoms with Crippen LogP contribution in [0.5, 0.6) is 0 Å². The summed E-state index contributed by atoms with van der Waals surface area (Å²) < 4.78 is 5.11. The van der Waals surface area contributed by atoms with Crippen LogP contribution in [-0.4, -0.2) is 24.7 Å². The maximum absolute atomic E-state index is 10.7. The van der Waals surface area contributed by atoms with Crippen LogP contribution in [0.3, 0.4) is 0 Å². The molecule has 0 aromatic heterocycles. The molecule has 1 heterocycles. The van der Waals surface area contributed by atoms with E-state index in [2.05, 4.69) is 5.32 Å². The number of fused-ring (bicyclic) bond motifs is 1. The predicted molar refractivity (Wildman–Crippen MR) is 35.5 cm³/mol. The molecule has 1 aliphatic heterocycles. The van der Waals surface area contributed by atoms with Crippen molar-refractivity contribution in [2.45, 2.75) is 31.4 Å². The van der Waals surface area contributed by atoms with E-state index < -0.39 is 0 Å². The molecule has 0 spiro atoms. The Balaban J connectivity index is 2.03. The van der Waals surface area contributed by atoms with Gasteiger partial charge in [-0.2, -0.15) is 0 Å². The molecule has 3 heteroatoms. The zero-order valence-corrected chi connectivity index (χ0v) is 5.80. The van der Waals surface area contributed by atoms with Crippen molar-refractivity contribution in [2.24, 2.45) is 0 Å². The van der Waals surface area contributed by atoms with Crippen molar-refractivity contribution >= 4 is 5.97 Å². The molecule has 3 nitrogen and oxygen atoms in total. The van der Waals surface area contributed by atoms with Crippen LogP contribution in [-0.2, 0) is 9.53 Å². The normalized spacial score (nSPS) is 39.0. The minimum atomic E-state index is -0.0943. The minimum absolute atomic E-state index is 0.0943. The van der Waals surface area contributed by atoms with Crippen LogP contribution in [0, 0.1) is 0 Å². The topological polar surface area (TPSA) is 38.3 Å². The molecule has 1 N–H and O–H groups in total. The fourth-order valence-electron chi connectivity index (χ4n) is 1.73. The van der Waals surface area contributed by atoms with E-state index in [4.69, 9.17) is 4.74 Å². The van der Waals surface area contributed by atoms with Crippen molar-refractivity contribution in [1.82, 2.24) is 5.32 Å². The largest absolute Gasteiger partial charge is 0.460 e. The number of morpholine rings is 1. The van der Waals surface area contributed by atoms with Gasteiger partial charge in [0, 0.05) is 6.04 Å². The van der Waals surface area contributed by atoms with Gasteiger partial charge in [0.15, 0.2) is 0 Å². The smallest absolute Gasteiger partial charge is 0.320 e. The van der Waals surface area contributed by atoms with Crippen molar-refractivity contribution in [3.63, 3.8) is 0 Å². The Bertz CT molecular complexity index is 158. The maximum Gasteiger partial charge on any atom is 0.320 e. The number of hydrogen-bond donors (Lipinski definition) is 1. The van der Waals surface area contributed by atoms with Crippen LogP contribution in [0.25, 0.3) is 0 Å². The molecule has 0 aromatic rings. The summed E-state index contributed by atoms with van der Waals surface area (Å²) in [7, 11) is 0. The van der Waals surface area contributed by atoms with E-state index in [-0.39, 0.29) is 12.1 Å². The zero-order chi connectivity index (χ0) is 6.97. The number of esters is 1. The first-order valence-electron chi connectivity index (χ1n) is 3.79. The molecule has 2 unspecified atom stereocenters. The summed E-state index contributed by atoms with van der Waals surface area (Å²) in [5, 5.41) is 3.16. The summed E-state index contributed by atoms with van der Waals surface area (Å²) in [5.74, 6) is -0.0943. The second-order valence-electron chi connectivity index (χ2n) is 2.95. The van der Waals surface area contributed by atoms with Gasteiger partial charge in [0.2, 0.25) is 0 Å². The highest BCUT2D eigenvalue weighted by Gasteiger charge is 2.33. The standard InChI is InChI=1S/C7H11NO2/c9-7-4-8-5-2-1-3-6(5)10-7/h5-6,8H,1-4H2. The van der Waals surface area contributed by atoms with E-state index in [9.17, 15) is 4.79 Å². The molecule has 2 fully saturated rings. The molecular formula is C7H11NO2. The van der Waals surface area contributed by atoms with Gasteiger partial charge in [-0.1, -0.05) is 0 Å². The second-order valence-corrected chi connectivity index (χ2v) is 2.95. The van der Waals surface area contributed by atoms with Gasteiger partial charge < -0.3 is 10.1 Å². The van der Waals surface area contributed by atoms with Crippen LogP contribution in [0.2, 0.25) is 0 Å². The van der Waals surface area contributed by atoms with Gasteiger partial charge in [0.25, 0.3) is 0 Å². The summed E-state index contributed by atoms with van der Waals surface area (Å²) in [6, 6.07) is 0.456. The average molecular weight is 141 g/mol. The first-order valence-corrected chi connectivity index (χ1v) is 3.79. The molecule has 56 valence electrons. The maximum atomic E-state index is 10.7. The van der Waals surface area contributed by atoms with E-state index in [1.54, 1.807) is 0 Å². The molecule has 2 aliphatic rings. The van der Waals surface area contributed by atoms with E-state index in [1.165, 1.54) is 6.42 Å². The van der Waals surface area contributed by atoms with Crippen LogP contribution in [0.15, 0.2) is 0 Å². The van der Waals surface area contributed by atoms with Gasteiger partial charge in [-0.3, -0.25) is 4.79 Å². The molecule has 0 bridgehead atoms. The first kappa shape index (κ1) is 6.16. The Kier molecular flexibility index (Phi) is 1.38. The van der Waals surface area contributed by atoms with E-state index >= 15 is 0 Å². The Morgan fingerprint density at radius 1 is 1.50 bits per heavy atom. The summed E-state index contributed by atoms with van der Waals surface area (Å²) in [4.78, 5) is 10.7. The average Bonchev–Trinajstić information content (AvgIpc) is 2.33. The number of carbonyl (C=O) groups excluding carboxylic acids is 1. The lowest BCUT2D eigenvalue weighted by Crippen LogP contribution is -2.47. The summed E-state index contributed by atoms with van der Waals surface area (Å²) in [6.07, 6.45) is 3.58. The number of ether oxygens (including phenoxy) is 1. The van der Waals surface area contributed by atoms with Crippen molar-refractivity contribution in [1.29, 1.82) is 0 Å². The third kappa shape index (κ3) is 0.904. The molecule has 1 aliphatic carbocycles. The Labute approximate surface area is 59.7 Å². The highest BCUT2D eigenvalue weighted by atomic mass is 16.5. The second kappa shape index (κ2) is 2.23. The fraction of sp³-hybridized carbons (Fsp3) is 0.857. The van der Waals surface area contributed by atoms with Gasteiger partial charge in [0.1, 0.15) is 6.10 Å². The van der Waals surface area contributed by atoms with Gasteiger partial charge in [-0.25, -0.2) is 0 Å². The zero-order valence-electron chi connectivity index (χ0n) is 5.80. The summed E-state index contributed by atoms with van der Waals surface area (Å²) >= 11 is 0. The first-order chi connectivity index (χ1) is 4.86. The number of hydrogen-bond acceptors (Lipinski definition) is 3. The quantitative estimate of drug-likeness (QED) is 0.484. The highest BCUT2D eigenvalue weighted by Crippen LogP contribution is 2.23. The summed E-state index contributed by atoms with van der Waals surface area (Å²) in [5.41, 5.74) is 0. The molecule has 1 saturated carbocycles. The minimum Gasteiger partial charge on any atom is -0.460 e. The van der Waals surface area contributed by atoms with Gasteiger partial charge in [-0.05, 0) is 19.3 Å². The van der Waals surface area contributed by atoms with Crippen molar-refractivity contribution in [3.05, 3.63) is 0 Å². The molecule has 10 heavy (non-hydrogen) atoms. The number of carbonyl (C=O) groups is 1. The van der Waals surface area contributed by atoms with E-state index in [0.29, 0.717) is 12.6 Å². The molecular weight excluding hydrogens is 130 g/mol.